The highest BCUT2D eigenvalue weighted by Crippen LogP contribution is 2.64. The van der Waals surface area contributed by atoms with Crippen molar-refractivity contribution in [1.29, 1.82) is 0 Å². The van der Waals surface area contributed by atoms with Crippen molar-refractivity contribution >= 4 is 10.0 Å². The summed E-state index contributed by atoms with van der Waals surface area (Å²) < 4.78 is 35.6. The minimum Gasteiger partial charge on any atom is -0.496 e. The molecule has 1 spiro atoms. The van der Waals surface area contributed by atoms with Gasteiger partial charge in [-0.1, -0.05) is 6.42 Å². The number of nitrogens with zero attached hydrogens (tertiary/aromatic N) is 4. The molecule has 1 atom stereocenters. The Balaban J connectivity index is 1.29. The van der Waals surface area contributed by atoms with Gasteiger partial charge in [-0.2, -0.15) is 4.31 Å². The Morgan fingerprint density at radius 3 is 2.63 bits per heavy atom. The van der Waals surface area contributed by atoms with Gasteiger partial charge in [0.05, 0.1) is 12.0 Å². The number of hydrogen-bond donors (Lipinski definition) is 0. The van der Waals surface area contributed by atoms with Gasteiger partial charge in [-0.25, -0.2) is 8.42 Å². The van der Waals surface area contributed by atoms with Gasteiger partial charge in [0.15, 0.2) is 0 Å². The number of methoxy groups -OCH3 is 1. The maximum absolute atomic E-state index is 13.2. The smallest absolute Gasteiger partial charge is 0.243 e. The Labute approximate surface area is 178 Å². The van der Waals surface area contributed by atoms with Crippen LogP contribution >= 0.6 is 0 Å². The van der Waals surface area contributed by atoms with E-state index in [1.54, 1.807) is 29.6 Å². The summed E-state index contributed by atoms with van der Waals surface area (Å²) in [4.78, 5) is 0.354. The normalized spacial score (nSPS) is 23.7. The van der Waals surface area contributed by atoms with Crippen LogP contribution in [0.3, 0.4) is 0 Å². The highest BCUT2D eigenvalue weighted by atomic mass is 32.2. The minimum atomic E-state index is -3.48. The number of rotatable bonds is 4. The van der Waals surface area contributed by atoms with E-state index >= 15 is 0 Å². The molecule has 0 unspecified atom stereocenters. The molecule has 2 fully saturated rings. The number of hydrogen-bond acceptors (Lipinski definition) is 5. The molecular weight excluding hydrogens is 400 g/mol. The first-order chi connectivity index (χ1) is 14.4. The summed E-state index contributed by atoms with van der Waals surface area (Å²) in [5.74, 6) is 3.43. The molecule has 1 saturated heterocycles. The van der Waals surface area contributed by atoms with Crippen molar-refractivity contribution in [1.82, 2.24) is 19.1 Å². The van der Waals surface area contributed by atoms with E-state index < -0.39 is 10.0 Å². The first kappa shape index (κ1) is 20.0. The molecular formula is C22H30N4O3S. The Morgan fingerprint density at radius 2 is 1.90 bits per heavy atom. The van der Waals surface area contributed by atoms with Crippen LogP contribution in [0.4, 0.5) is 0 Å². The topological polar surface area (TPSA) is 77.3 Å². The van der Waals surface area contributed by atoms with Crippen molar-refractivity contribution in [2.24, 2.45) is 5.41 Å². The lowest BCUT2D eigenvalue weighted by molar-refractivity contribution is 0.249. The Hall–Kier alpha value is -1.93. The van der Waals surface area contributed by atoms with Crippen LogP contribution in [0.25, 0.3) is 0 Å². The second-order valence-corrected chi connectivity index (χ2v) is 11.0. The molecule has 162 valence electrons. The highest BCUT2D eigenvalue weighted by Gasteiger charge is 2.58. The number of aromatic nitrogens is 3. The lowest BCUT2D eigenvalue weighted by Crippen LogP contribution is -2.39. The molecule has 7 nitrogen and oxygen atoms in total. The second-order valence-electron chi connectivity index (χ2n) is 9.09. The van der Waals surface area contributed by atoms with E-state index in [1.165, 1.54) is 19.3 Å². The van der Waals surface area contributed by atoms with Gasteiger partial charge in [0.25, 0.3) is 0 Å². The molecule has 2 aromatic rings. The molecule has 0 bridgehead atoms. The van der Waals surface area contributed by atoms with Crippen LogP contribution < -0.4 is 4.74 Å². The van der Waals surface area contributed by atoms with Crippen molar-refractivity contribution in [2.45, 2.75) is 69.2 Å². The quantitative estimate of drug-likeness (QED) is 0.744. The fourth-order valence-electron chi connectivity index (χ4n) is 5.36. The molecule has 0 N–H and O–H groups in total. The average molecular weight is 431 g/mol. The largest absolute Gasteiger partial charge is 0.496 e. The van der Waals surface area contributed by atoms with E-state index in [4.69, 9.17) is 4.74 Å². The van der Waals surface area contributed by atoms with Crippen LogP contribution in [0.2, 0.25) is 0 Å². The number of sulfonamides is 1. The third-order valence-corrected chi connectivity index (χ3v) is 9.26. The standard InChI is InChI=1S/C22H30N4O3S/c1-16-14-17(7-8-19(16)29-2)30(27,28)25-12-9-22(10-13-25)15-18(22)21-24-23-20-6-4-3-5-11-26(20)21/h7-8,14,18H,3-6,9-13,15H2,1-2H3/t18-/m1/s1. The summed E-state index contributed by atoms with van der Waals surface area (Å²) >= 11 is 0. The molecule has 3 aliphatic rings. The first-order valence-corrected chi connectivity index (χ1v) is 12.5. The van der Waals surface area contributed by atoms with E-state index in [2.05, 4.69) is 14.8 Å². The van der Waals surface area contributed by atoms with Crippen molar-refractivity contribution < 1.29 is 13.2 Å². The van der Waals surface area contributed by atoms with Crippen molar-refractivity contribution in [3.63, 3.8) is 0 Å². The predicted octanol–water partition coefficient (Wildman–Crippen LogP) is 3.28. The first-order valence-electron chi connectivity index (χ1n) is 11.0. The fraction of sp³-hybridized carbons (Fsp3) is 0.636. The number of aryl methyl sites for hydroxylation is 2. The Morgan fingerprint density at radius 1 is 1.10 bits per heavy atom. The van der Waals surface area contributed by atoms with E-state index in [-0.39, 0.29) is 5.41 Å². The lowest BCUT2D eigenvalue weighted by atomic mass is 9.91. The van der Waals surface area contributed by atoms with Crippen LogP contribution in [0.5, 0.6) is 5.75 Å². The van der Waals surface area contributed by atoms with Crippen LogP contribution in [0.15, 0.2) is 23.1 Å². The van der Waals surface area contributed by atoms with Gasteiger partial charge in [-0.05, 0) is 68.2 Å². The maximum atomic E-state index is 13.2. The molecule has 3 heterocycles. The van der Waals surface area contributed by atoms with Crippen molar-refractivity contribution in [3.8, 4) is 5.75 Å². The molecule has 1 aliphatic carbocycles. The summed E-state index contributed by atoms with van der Waals surface area (Å²) in [5, 5.41) is 9.03. The van der Waals surface area contributed by atoms with E-state index in [0.717, 1.165) is 49.4 Å². The monoisotopic (exact) mass is 430 g/mol. The molecule has 1 saturated carbocycles. The molecule has 8 heteroatoms. The van der Waals surface area contributed by atoms with Crippen LogP contribution in [0, 0.1) is 12.3 Å². The predicted molar refractivity (Wildman–Crippen MR) is 113 cm³/mol. The van der Waals surface area contributed by atoms with E-state index in [1.807, 2.05) is 6.92 Å². The third kappa shape index (κ3) is 3.24. The van der Waals surface area contributed by atoms with Gasteiger partial charge in [0.2, 0.25) is 10.0 Å². The SMILES string of the molecule is COc1ccc(S(=O)(=O)N2CCC3(CC2)C[C@@H]3c2nnc3n2CCCCC3)cc1C. The molecule has 2 aliphatic heterocycles. The van der Waals surface area contributed by atoms with Gasteiger partial charge in [-0.15, -0.1) is 10.2 Å². The number of fused-ring (bicyclic) bond motifs is 1. The Kier molecular flexibility index (Phi) is 4.89. The zero-order valence-corrected chi connectivity index (χ0v) is 18.6. The maximum Gasteiger partial charge on any atom is 0.243 e. The molecule has 1 aromatic carbocycles. The van der Waals surface area contributed by atoms with Crippen LogP contribution in [-0.4, -0.2) is 47.7 Å². The van der Waals surface area contributed by atoms with Crippen molar-refractivity contribution in [3.05, 3.63) is 35.4 Å². The van der Waals surface area contributed by atoms with E-state index in [0.29, 0.717) is 29.7 Å². The zero-order valence-electron chi connectivity index (χ0n) is 17.8. The summed E-state index contributed by atoms with van der Waals surface area (Å²) in [6.07, 6.45) is 7.59. The highest BCUT2D eigenvalue weighted by molar-refractivity contribution is 7.89. The summed E-state index contributed by atoms with van der Waals surface area (Å²) in [6.45, 7) is 4.05. The van der Waals surface area contributed by atoms with Crippen LogP contribution in [-0.2, 0) is 23.0 Å². The molecule has 5 rings (SSSR count). The second kappa shape index (κ2) is 7.34. The molecule has 0 radical (unpaired) electrons. The summed E-state index contributed by atoms with van der Waals surface area (Å²) in [6, 6.07) is 5.10. The average Bonchev–Trinajstić information content (AvgIpc) is 3.37. The summed E-state index contributed by atoms with van der Waals surface area (Å²) in [5.41, 5.74) is 1.04. The zero-order chi connectivity index (χ0) is 20.9. The number of piperidine rings is 1. The van der Waals surface area contributed by atoms with Gasteiger partial charge in [-0.3, -0.25) is 0 Å². The van der Waals surface area contributed by atoms with Gasteiger partial charge < -0.3 is 9.30 Å². The van der Waals surface area contributed by atoms with Crippen LogP contribution in [0.1, 0.15) is 61.7 Å². The third-order valence-electron chi connectivity index (χ3n) is 7.36. The van der Waals surface area contributed by atoms with Gasteiger partial charge in [0, 0.05) is 32.0 Å². The molecule has 30 heavy (non-hydrogen) atoms. The molecule has 0 amide bonds. The summed E-state index contributed by atoms with van der Waals surface area (Å²) in [7, 11) is -1.88. The van der Waals surface area contributed by atoms with Crippen molar-refractivity contribution in [2.75, 3.05) is 20.2 Å². The van der Waals surface area contributed by atoms with E-state index in [9.17, 15) is 8.42 Å². The van der Waals surface area contributed by atoms with Gasteiger partial charge >= 0.3 is 0 Å². The van der Waals surface area contributed by atoms with Gasteiger partial charge in [0.1, 0.15) is 17.4 Å². The number of ether oxygens (including phenoxy) is 1. The molecule has 1 aromatic heterocycles. The minimum absolute atomic E-state index is 0.206. The lowest BCUT2D eigenvalue weighted by Gasteiger charge is -2.32. The Bertz CT molecular complexity index is 1050. The number of benzene rings is 1. The fourth-order valence-corrected chi connectivity index (χ4v) is 6.89.